The zero-order valence-corrected chi connectivity index (χ0v) is 18.7. The van der Waals surface area contributed by atoms with Crippen LogP contribution in [0.3, 0.4) is 0 Å². The molecule has 2 aliphatic heterocycles. The van der Waals surface area contributed by atoms with Gasteiger partial charge in [-0.15, -0.1) is 10.2 Å². The van der Waals surface area contributed by atoms with Crippen molar-refractivity contribution in [3.05, 3.63) is 16.6 Å². The highest BCUT2D eigenvalue weighted by atomic mass is 79.9. The van der Waals surface area contributed by atoms with Crippen LogP contribution in [0.15, 0.2) is 21.8 Å². The number of hydrogen-bond donors (Lipinski definition) is 1. The van der Waals surface area contributed by atoms with Gasteiger partial charge in [0.25, 0.3) is 0 Å². The van der Waals surface area contributed by atoms with Crippen molar-refractivity contribution in [2.24, 2.45) is 0 Å². The smallest absolute Gasteiger partial charge is 0.234 e. The fraction of sp³-hybridized carbons (Fsp3) is 0.526. The molecule has 0 spiro atoms. The van der Waals surface area contributed by atoms with Crippen molar-refractivity contribution in [3.8, 4) is 11.5 Å². The molecule has 1 N–H and O–H groups in total. The fourth-order valence-electron chi connectivity index (χ4n) is 3.48. The summed E-state index contributed by atoms with van der Waals surface area (Å²) in [4.78, 5) is 14.8. The van der Waals surface area contributed by atoms with Gasteiger partial charge in [0.1, 0.15) is 13.2 Å². The lowest BCUT2D eigenvalue weighted by molar-refractivity contribution is -0.113. The van der Waals surface area contributed by atoms with E-state index in [4.69, 9.17) is 14.2 Å². The van der Waals surface area contributed by atoms with E-state index < -0.39 is 0 Å². The van der Waals surface area contributed by atoms with E-state index in [1.54, 1.807) is 6.07 Å². The summed E-state index contributed by atoms with van der Waals surface area (Å²) in [5.74, 6) is 2.33. The largest absolute Gasteiger partial charge is 0.486 e. The summed E-state index contributed by atoms with van der Waals surface area (Å²) in [5, 5.41) is 12.5. The number of fused-ring (bicyclic) bond motifs is 1. The molecule has 3 heterocycles. The van der Waals surface area contributed by atoms with Gasteiger partial charge in [0.15, 0.2) is 16.7 Å². The molecular weight excluding hydrogens is 474 g/mol. The molecule has 30 heavy (non-hydrogen) atoms. The first-order chi connectivity index (χ1) is 14.7. The number of nitrogens with zero attached hydrogens (tertiary/aromatic N) is 4. The number of thioether (sulfide) groups is 1. The molecule has 5 rings (SSSR count). The predicted molar refractivity (Wildman–Crippen MR) is 116 cm³/mol. The van der Waals surface area contributed by atoms with Crippen molar-refractivity contribution in [3.63, 3.8) is 0 Å². The van der Waals surface area contributed by atoms with Crippen molar-refractivity contribution < 1.29 is 19.0 Å². The highest BCUT2D eigenvalue weighted by Gasteiger charge is 2.32. The Morgan fingerprint density at radius 1 is 1.13 bits per heavy atom. The van der Waals surface area contributed by atoms with E-state index in [1.807, 2.05) is 6.07 Å². The highest BCUT2D eigenvalue weighted by Crippen LogP contribution is 2.41. The molecular formula is C19H22BrN5O4S. The third-order valence-electron chi connectivity index (χ3n) is 5.09. The van der Waals surface area contributed by atoms with Crippen LogP contribution in [0.4, 0.5) is 11.6 Å². The van der Waals surface area contributed by atoms with Gasteiger partial charge in [-0.3, -0.25) is 9.36 Å². The third-order valence-corrected chi connectivity index (χ3v) is 6.69. The first-order valence-corrected chi connectivity index (χ1v) is 11.8. The van der Waals surface area contributed by atoms with Crippen molar-refractivity contribution >= 4 is 45.2 Å². The van der Waals surface area contributed by atoms with Crippen LogP contribution < -0.4 is 19.7 Å². The quantitative estimate of drug-likeness (QED) is 0.611. The summed E-state index contributed by atoms with van der Waals surface area (Å²) < 4.78 is 19.5. The molecule has 1 saturated carbocycles. The van der Waals surface area contributed by atoms with Crippen LogP contribution in [0.5, 0.6) is 11.5 Å². The molecule has 0 radical (unpaired) electrons. The molecule has 1 saturated heterocycles. The van der Waals surface area contributed by atoms with Gasteiger partial charge in [0, 0.05) is 35.7 Å². The van der Waals surface area contributed by atoms with E-state index in [9.17, 15) is 4.79 Å². The molecule has 1 aromatic heterocycles. The van der Waals surface area contributed by atoms with E-state index >= 15 is 0 Å². The van der Waals surface area contributed by atoms with Crippen LogP contribution in [0.2, 0.25) is 0 Å². The number of morpholine rings is 1. The van der Waals surface area contributed by atoms with Crippen molar-refractivity contribution in [1.82, 2.24) is 14.8 Å². The first-order valence-electron chi connectivity index (χ1n) is 9.98. The fourth-order valence-corrected chi connectivity index (χ4v) is 4.70. The van der Waals surface area contributed by atoms with Gasteiger partial charge >= 0.3 is 0 Å². The molecule has 1 aliphatic carbocycles. The van der Waals surface area contributed by atoms with Crippen molar-refractivity contribution in [2.75, 3.05) is 55.5 Å². The van der Waals surface area contributed by atoms with Gasteiger partial charge < -0.3 is 24.4 Å². The Bertz CT molecular complexity index is 945. The number of hydrogen-bond acceptors (Lipinski definition) is 8. The maximum atomic E-state index is 12.6. The number of benzene rings is 1. The predicted octanol–water partition coefficient (Wildman–Crippen LogP) is 2.71. The van der Waals surface area contributed by atoms with Gasteiger partial charge in [-0.1, -0.05) is 11.8 Å². The number of aromatic nitrogens is 3. The molecule has 1 amide bonds. The molecule has 2 fully saturated rings. The molecule has 11 heteroatoms. The summed E-state index contributed by atoms with van der Waals surface area (Å²) in [6.07, 6.45) is 2.25. The highest BCUT2D eigenvalue weighted by molar-refractivity contribution is 9.10. The second-order valence-corrected chi connectivity index (χ2v) is 9.09. The minimum atomic E-state index is -0.115. The van der Waals surface area contributed by atoms with Crippen LogP contribution in [-0.4, -0.2) is 65.9 Å². The maximum absolute atomic E-state index is 12.6. The molecule has 0 atom stereocenters. The lowest BCUT2D eigenvalue weighted by Crippen LogP contribution is -2.38. The zero-order chi connectivity index (χ0) is 20.5. The first kappa shape index (κ1) is 20.0. The topological polar surface area (TPSA) is 90.7 Å². The number of anilines is 2. The number of rotatable bonds is 6. The van der Waals surface area contributed by atoms with Crippen molar-refractivity contribution in [1.29, 1.82) is 0 Å². The maximum Gasteiger partial charge on any atom is 0.234 e. The minimum absolute atomic E-state index is 0.115. The minimum Gasteiger partial charge on any atom is -0.486 e. The van der Waals surface area contributed by atoms with E-state index in [1.165, 1.54) is 11.8 Å². The second kappa shape index (κ2) is 8.64. The second-order valence-electron chi connectivity index (χ2n) is 7.30. The lowest BCUT2D eigenvalue weighted by atomic mass is 10.2. The lowest BCUT2D eigenvalue weighted by Gasteiger charge is -2.27. The summed E-state index contributed by atoms with van der Waals surface area (Å²) in [6.45, 7) is 4.05. The van der Waals surface area contributed by atoms with Crippen LogP contribution in [0.25, 0.3) is 0 Å². The average Bonchev–Trinajstić information content (AvgIpc) is 3.52. The molecule has 2 aromatic rings. The SMILES string of the molecule is O=C(CSc1nnc(N2CCOCC2)n1C1CC1)Nc1cc2c(cc1Br)OCCO2. The standard InChI is InChI=1S/C19H22BrN5O4S/c20-13-9-15-16(29-8-7-28-15)10-14(13)21-17(26)11-30-19-23-22-18(25(19)12-1-2-12)24-3-5-27-6-4-24/h9-10,12H,1-8,11H2,(H,21,26). The Kier molecular flexibility index (Phi) is 5.74. The van der Waals surface area contributed by atoms with Gasteiger partial charge in [-0.25, -0.2) is 0 Å². The molecule has 3 aliphatic rings. The Balaban J connectivity index is 1.25. The summed E-state index contributed by atoms with van der Waals surface area (Å²) in [6, 6.07) is 4.02. The van der Waals surface area contributed by atoms with E-state index in [-0.39, 0.29) is 11.7 Å². The van der Waals surface area contributed by atoms with E-state index in [2.05, 4.69) is 40.9 Å². The third kappa shape index (κ3) is 4.23. The van der Waals surface area contributed by atoms with Crippen molar-refractivity contribution in [2.45, 2.75) is 24.0 Å². The van der Waals surface area contributed by atoms with Gasteiger partial charge in [-0.2, -0.15) is 0 Å². The monoisotopic (exact) mass is 495 g/mol. The molecule has 160 valence electrons. The number of nitrogens with one attached hydrogen (secondary N) is 1. The number of amides is 1. The normalized spacial score (nSPS) is 18.4. The van der Waals surface area contributed by atoms with Gasteiger partial charge in [0.2, 0.25) is 11.9 Å². The zero-order valence-electron chi connectivity index (χ0n) is 16.3. The average molecular weight is 496 g/mol. The summed E-state index contributed by atoms with van der Waals surface area (Å²) in [7, 11) is 0. The molecule has 1 aromatic carbocycles. The Hall–Kier alpha value is -1.98. The number of carbonyl (C=O) groups is 1. The van der Waals surface area contributed by atoms with Crippen LogP contribution in [0.1, 0.15) is 18.9 Å². The number of carbonyl (C=O) groups excluding carboxylic acids is 1. The van der Waals surface area contributed by atoms with Crippen LogP contribution in [0, 0.1) is 0 Å². The van der Waals surface area contributed by atoms with E-state index in [0.29, 0.717) is 49.7 Å². The van der Waals surface area contributed by atoms with Gasteiger partial charge in [0.05, 0.1) is 24.7 Å². The molecule has 0 bridgehead atoms. The van der Waals surface area contributed by atoms with E-state index in [0.717, 1.165) is 41.5 Å². The Morgan fingerprint density at radius 3 is 2.60 bits per heavy atom. The van der Waals surface area contributed by atoms with Crippen LogP contribution >= 0.6 is 27.7 Å². The number of ether oxygens (including phenoxy) is 3. The molecule has 0 unspecified atom stereocenters. The summed E-state index contributed by atoms with van der Waals surface area (Å²) in [5.41, 5.74) is 0.655. The summed E-state index contributed by atoms with van der Waals surface area (Å²) >= 11 is 4.90. The van der Waals surface area contributed by atoms with Gasteiger partial charge in [-0.05, 0) is 28.8 Å². The van der Waals surface area contributed by atoms with Crippen LogP contribution in [-0.2, 0) is 9.53 Å². The molecule has 9 nitrogen and oxygen atoms in total. The Labute approximate surface area is 186 Å². The Morgan fingerprint density at radius 2 is 1.87 bits per heavy atom. The number of halogens is 1.